The number of ether oxygens (including phenoxy) is 8. The Hall–Kier alpha value is -5.76. The van der Waals surface area contributed by atoms with Gasteiger partial charge in [0.1, 0.15) is 61.0 Å². The van der Waals surface area contributed by atoms with Crippen molar-refractivity contribution in [3.05, 3.63) is 24.0 Å². The van der Waals surface area contributed by atoms with Gasteiger partial charge in [0.2, 0.25) is 35.4 Å². The molecule has 7 amide bonds. The Morgan fingerprint density at radius 3 is 1.88 bits per heavy atom. The molecular weight excluding hydrogens is 1370 g/mol. The van der Waals surface area contributed by atoms with Crippen LogP contribution >= 0.6 is 0 Å². The third-order valence-corrected chi connectivity index (χ3v) is 17.4. The number of aliphatic hydroxyl groups excluding tert-OH is 11. The Kier molecular flexibility index (Phi) is 41.3. The topological polar surface area (TPSA) is 524 Å². The van der Waals surface area contributed by atoms with E-state index in [0.717, 1.165) is 5.06 Å². The predicted molar refractivity (Wildman–Crippen MR) is 357 cm³/mol. The summed E-state index contributed by atoms with van der Waals surface area (Å²) in [5.41, 5.74) is 1.05. The number of carbonyl (C=O) groups excluding carboxylic acids is 8. The zero-order chi connectivity index (χ0) is 75.2. The van der Waals surface area contributed by atoms with Gasteiger partial charge in [0, 0.05) is 103 Å². The van der Waals surface area contributed by atoms with Gasteiger partial charge in [-0.3, -0.25) is 38.5 Å². The minimum atomic E-state index is -1.65. The summed E-state index contributed by atoms with van der Waals surface area (Å²) in [4.78, 5) is 113. The summed E-state index contributed by atoms with van der Waals surface area (Å²) in [6, 6.07) is -1.30. The number of unbranched alkanes of at least 4 members (excludes halogenated alkanes) is 5. The van der Waals surface area contributed by atoms with Crippen molar-refractivity contribution in [1.29, 1.82) is 0 Å². The molecule has 17 N–H and O–H groups in total. The quantitative estimate of drug-likeness (QED) is 0.0252. The molecule has 103 heavy (non-hydrogen) atoms. The van der Waals surface area contributed by atoms with E-state index in [1.54, 1.807) is 4.90 Å². The molecule has 0 aliphatic carbocycles. The van der Waals surface area contributed by atoms with E-state index in [0.29, 0.717) is 88.8 Å². The molecule has 37 nitrogen and oxygen atoms in total. The Labute approximate surface area is 599 Å². The Balaban J connectivity index is 1.06. The van der Waals surface area contributed by atoms with Crippen LogP contribution in [-0.4, -0.2) is 335 Å². The highest BCUT2D eigenvalue weighted by Crippen LogP contribution is 2.27. The average molecular weight is 1480 g/mol. The summed E-state index contributed by atoms with van der Waals surface area (Å²) < 4.78 is 44.9. The summed E-state index contributed by atoms with van der Waals surface area (Å²) in [5.74, 6) is -4.03. The molecule has 5 aliphatic rings. The maximum absolute atomic E-state index is 13.6. The molecule has 590 valence electrons. The fourth-order valence-corrected chi connectivity index (χ4v) is 11.7. The molecule has 10 unspecified atom stereocenters. The molecule has 0 aromatic heterocycles. The van der Waals surface area contributed by atoms with Crippen LogP contribution in [0.25, 0.3) is 0 Å². The van der Waals surface area contributed by atoms with Gasteiger partial charge in [-0.15, -0.1) is 5.06 Å². The second kappa shape index (κ2) is 48.4. The lowest BCUT2D eigenvalue weighted by atomic mass is 9.99. The van der Waals surface area contributed by atoms with Crippen molar-refractivity contribution >= 4 is 47.3 Å². The number of nitrogens with zero attached hydrogens (tertiary/aromatic N) is 3. The highest BCUT2D eigenvalue weighted by molar-refractivity contribution is 5.92. The first-order valence-electron chi connectivity index (χ1n) is 35.8. The number of aliphatic hydroxyl groups is 11. The second-order valence-electron chi connectivity index (χ2n) is 25.9. The summed E-state index contributed by atoms with van der Waals surface area (Å²) in [6.45, 7) is 4.62. The predicted octanol–water partition coefficient (Wildman–Crippen LogP) is -5.75. The van der Waals surface area contributed by atoms with E-state index >= 15 is 0 Å². The fourth-order valence-electron chi connectivity index (χ4n) is 11.7. The van der Waals surface area contributed by atoms with Gasteiger partial charge in [-0.05, 0) is 70.6 Å². The number of carbonyl (C=O) groups is 8. The first-order valence-corrected chi connectivity index (χ1v) is 35.8. The molecule has 0 aromatic carbocycles. The minimum absolute atomic E-state index is 0.0238. The minimum Gasteiger partial charge on any atom is -0.395 e. The third-order valence-electron chi connectivity index (χ3n) is 17.4. The number of rotatable bonds is 49. The Morgan fingerprint density at radius 1 is 0.592 bits per heavy atom. The normalized spacial score (nSPS) is 27.1. The Morgan fingerprint density at radius 2 is 1.21 bits per heavy atom. The zero-order valence-electron chi connectivity index (χ0n) is 58.9. The van der Waals surface area contributed by atoms with Crippen LogP contribution < -0.4 is 31.9 Å². The molecule has 0 radical (unpaired) electrons. The van der Waals surface area contributed by atoms with Crippen LogP contribution in [0.2, 0.25) is 0 Å². The molecular formula is C66H113N9O28. The summed E-state index contributed by atoms with van der Waals surface area (Å²) in [7, 11) is 0. The van der Waals surface area contributed by atoms with Crippen molar-refractivity contribution in [2.45, 2.75) is 227 Å². The van der Waals surface area contributed by atoms with Crippen LogP contribution in [0.5, 0.6) is 0 Å². The highest BCUT2D eigenvalue weighted by Gasteiger charge is 2.45. The number of amides is 7. The average Bonchev–Trinajstić information content (AvgIpc) is 1.59. The van der Waals surface area contributed by atoms with Gasteiger partial charge in [-0.1, -0.05) is 26.0 Å². The number of hydrogen-bond donors (Lipinski definition) is 17. The maximum atomic E-state index is 13.6. The van der Waals surface area contributed by atoms with Crippen molar-refractivity contribution < 1.29 is 137 Å². The van der Waals surface area contributed by atoms with Crippen LogP contribution in [0.3, 0.4) is 0 Å². The van der Waals surface area contributed by atoms with E-state index in [-0.39, 0.29) is 149 Å². The van der Waals surface area contributed by atoms with Crippen molar-refractivity contribution in [2.75, 3.05) is 118 Å². The molecule has 37 heteroatoms. The van der Waals surface area contributed by atoms with Gasteiger partial charge >= 0.3 is 5.97 Å². The van der Waals surface area contributed by atoms with Gasteiger partial charge in [-0.2, -0.15) is 0 Å². The van der Waals surface area contributed by atoms with Crippen molar-refractivity contribution in [3.63, 3.8) is 0 Å². The van der Waals surface area contributed by atoms with Gasteiger partial charge in [-0.25, -0.2) is 4.79 Å². The molecule has 5 fully saturated rings. The van der Waals surface area contributed by atoms with E-state index in [1.165, 1.54) is 4.90 Å². The van der Waals surface area contributed by atoms with Gasteiger partial charge in [0.25, 0.3) is 5.91 Å². The van der Waals surface area contributed by atoms with Crippen LogP contribution in [0.1, 0.15) is 129 Å². The molecule has 16 atom stereocenters. The van der Waals surface area contributed by atoms with Crippen LogP contribution in [0, 0.1) is 0 Å². The van der Waals surface area contributed by atoms with Crippen molar-refractivity contribution in [3.8, 4) is 0 Å². The van der Waals surface area contributed by atoms with Gasteiger partial charge in [0.05, 0.1) is 83.7 Å². The summed E-state index contributed by atoms with van der Waals surface area (Å²) >= 11 is 0. The number of hydroxylamine groups is 2. The molecule has 0 bridgehead atoms. The van der Waals surface area contributed by atoms with Crippen molar-refractivity contribution in [2.24, 2.45) is 0 Å². The first-order chi connectivity index (χ1) is 49.4. The molecule has 0 aromatic rings. The van der Waals surface area contributed by atoms with E-state index < -0.39 is 159 Å². The van der Waals surface area contributed by atoms with E-state index in [9.17, 15) is 94.5 Å². The van der Waals surface area contributed by atoms with Gasteiger partial charge in [0.15, 0.2) is 25.2 Å². The molecule has 0 saturated carbocycles. The largest absolute Gasteiger partial charge is 0.395 e. The van der Waals surface area contributed by atoms with Crippen LogP contribution in [0.15, 0.2) is 24.0 Å². The smallest absolute Gasteiger partial charge is 0.333 e. The van der Waals surface area contributed by atoms with Crippen molar-refractivity contribution in [1.82, 2.24) is 46.8 Å². The molecule has 0 spiro atoms. The fraction of sp³-hybridized carbons (Fsp3) is 0.818. The lowest BCUT2D eigenvalue weighted by molar-refractivity contribution is -0.301. The number of nitrogens with one attached hydrogen (secondary N) is 6. The lowest BCUT2D eigenvalue weighted by Crippen LogP contribution is -2.59. The van der Waals surface area contributed by atoms with E-state index in [2.05, 4.69) is 38.5 Å². The zero-order valence-corrected chi connectivity index (χ0v) is 58.9. The second-order valence-corrected chi connectivity index (χ2v) is 25.9. The lowest BCUT2D eigenvalue weighted by Gasteiger charge is -2.39. The first kappa shape index (κ1) is 87.9. The SMILES string of the molecule is C=C1CCC(=O)N1OC(=O)CCCCC(=O)NC(CC(=O)NCCCCCNC(=O)CN(CC(=O)NCCO[C@H]1OC(CO[C@@H]2CC(O)[C@H](O)C(CO)O2)[C@@H](O)CC1O)C/C(=C\CC)NCCOC1OCCCC1O)C(=O)NCCCCCC(=O)N(CCO)CCO[C@H]1OC(CO)[C@@H](O)C(O)C1O. The summed E-state index contributed by atoms with van der Waals surface area (Å²) in [5, 5.41) is 129. The monoisotopic (exact) mass is 1480 g/mol. The molecule has 5 rings (SSSR count). The van der Waals surface area contributed by atoms with Crippen LogP contribution in [-0.2, 0) is 81.1 Å². The number of allylic oxidation sites excluding steroid dienone is 2. The van der Waals surface area contributed by atoms with E-state index in [4.69, 9.17) is 42.7 Å². The van der Waals surface area contributed by atoms with Crippen LogP contribution in [0.4, 0.5) is 0 Å². The molecule has 5 saturated heterocycles. The molecule has 5 heterocycles. The number of hydrogen-bond acceptors (Lipinski definition) is 30. The summed E-state index contributed by atoms with van der Waals surface area (Å²) in [6.07, 6.45) is -11.6. The Bertz CT molecular complexity index is 2600. The standard InChI is InChI=1S/C66H113N9O28/c1-3-13-42(67-23-29-96-64-44(79)14-12-28-95-64)35-73(37-54(86)70-24-30-97-65-47(82)33-45(80)50(102-65)40-99-58-34-46(81)59(90)48(38-77)100-58)36-53(85)69-21-11-5-10-20-68-52(84)32-43(72-51(83)15-7-8-17-57(89)103-75-41(2)18-19-56(75)88)63(94)71-22-9-4-6-16-55(87)74(25-27-76)26-31-98-66-62(93)61(92)60(91)49(39-78)101-66/h13,43-50,58-62,64-67,76-82,90-93H,2-12,14-40H2,1H3,(H,68,84)(H,69,85)(H,70,86)(H,71,94)(H,72,83)/b42-13+/t43?,44?,45-,46?,47?,48?,49?,50?,58-,59-,60+,61?,62?,64?,65-,66-/m0/s1. The highest BCUT2D eigenvalue weighted by atomic mass is 16.7. The van der Waals surface area contributed by atoms with E-state index in [1.807, 2.05) is 13.0 Å². The maximum Gasteiger partial charge on any atom is 0.333 e. The molecule has 5 aliphatic heterocycles. The third kappa shape index (κ3) is 32.1. The van der Waals surface area contributed by atoms with Gasteiger partial charge < -0.3 is 136 Å².